The minimum atomic E-state index is 0.333. The fourth-order valence-corrected chi connectivity index (χ4v) is 3.72. The molecule has 0 fully saturated rings. The van der Waals surface area contributed by atoms with Crippen molar-refractivity contribution < 1.29 is 4.79 Å². The highest BCUT2D eigenvalue weighted by atomic mass is 16.1. The average molecular weight is 451 g/mol. The molecule has 3 heteroatoms. The molecule has 0 aliphatic rings. The molecule has 3 nitrogen and oxygen atoms in total. The molecule has 3 rings (SSSR count). The van der Waals surface area contributed by atoms with Crippen molar-refractivity contribution in [3.8, 4) is 11.4 Å². The van der Waals surface area contributed by atoms with E-state index in [9.17, 15) is 4.79 Å². The number of para-hydroxylation sites is 2. The first-order valence-electron chi connectivity index (χ1n) is 12.9. The van der Waals surface area contributed by atoms with Gasteiger partial charge in [0.25, 0.3) is 0 Å². The van der Waals surface area contributed by atoms with E-state index in [1.807, 2.05) is 18.2 Å². The van der Waals surface area contributed by atoms with Crippen LogP contribution < -0.4 is 0 Å². The van der Waals surface area contributed by atoms with Crippen LogP contribution in [0.4, 0.5) is 0 Å². The summed E-state index contributed by atoms with van der Waals surface area (Å²) in [5, 5.41) is 0. The number of aryl methyl sites for hydroxylation is 2. The molecule has 0 saturated heterocycles. The Hall–Kier alpha value is -2.42. The summed E-state index contributed by atoms with van der Waals surface area (Å²) in [4.78, 5) is 18.9. The summed E-state index contributed by atoms with van der Waals surface area (Å²) in [6, 6.07) is 14.5. The highest BCUT2D eigenvalue weighted by Gasteiger charge is 2.09. The summed E-state index contributed by atoms with van der Waals surface area (Å²) in [5.41, 5.74) is 5.79. The van der Waals surface area contributed by atoms with Gasteiger partial charge in [0, 0.05) is 11.5 Å². The maximum absolute atomic E-state index is 10.9. The Balaban J connectivity index is 0.000000291. The van der Waals surface area contributed by atoms with Crippen molar-refractivity contribution >= 4 is 16.8 Å². The number of imidazole rings is 1. The van der Waals surface area contributed by atoms with E-state index >= 15 is 0 Å². The van der Waals surface area contributed by atoms with E-state index in [1.165, 1.54) is 55.2 Å². The topological polar surface area (TPSA) is 45.8 Å². The van der Waals surface area contributed by atoms with Crippen LogP contribution in [0.3, 0.4) is 0 Å². The van der Waals surface area contributed by atoms with E-state index in [2.05, 4.69) is 75.8 Å². The van der Waals surface area contributed by atoms with Gasteiger partial charge in [-0.05, 0) is 57.4 Å². The van der Waals surface area contributed by atoms with E-state index in [4.69, 9.17) is 0 Å². The van der Waals surface area contributed by atoms with Crippen LogP contribution in [0, 0.1) is 19.8 Å². The standard InChI is InChI=1S/C15H14N2.C9H18O.C6H14/c1-10-7-8-11(2)12(9-10)15-16-13-5-3-4-6-14(13)17-15;1-4-6-7-9(5-2)8(3)10;1-3-5-6-4-2/h3-9H,1-2H3,(H,16,17);9H,4-7H2,1-3H3;3-6H2,1-2H3. The predicted molar refractivity (Wildman–Crippen MR) is 145 cm³/mol. The Morgan fingerprint density at radius 2 is 1.55 bits per heavy atom. The van der Waals surface area contributed by atoms with E-state index in [-0.39, 0.29) is 0 Å². The SMILES string of the molecule is CCCCC(CC)C(C)=O.CCCCCC.Cc1ccc(C)c(-c2nc3ccccc3[nH]2)c1. The number of nitrogens with zero attached hydrogens (tertiary/aromatic N) is 1. The quantitative estimate of drug-likeness (QED) is 0.330. The van der Waals surface area contributed by atoms with Gasteiger partial charge in [0.15, 0.2) is 0 Å². The van der Waals surface area contributed by atoms with Crippen LogP contribution in [0.1, 0.15) is 97.1 Å². The molecule has 1 atom stereocenters. The lowest BCUT2D eigenvalue weighted by molar-refractivity contribution is -0.121. The molecule has 33 heavy (non-hydrogen) atoms. The third-order valence-electron chi connectivity index (χ3n) is 5.97. The zero-order chi connectivity index (χ0) is 24.6. The molecule has 0 radical (unpaired) electrons. The first-order chi connectivity index (χ1) is 15.9. The highest BCUT2D eigenvalue weighted by molar-refractivity contribution is 5.80. The molecule has 0 bridgehead atoms. The number of aromatic nitrogens is 2. The number of Topliss-reactive ketones (excluding diaryl/α,β-unsaturated/α-hetero) is 1. The number of carbonyl (C=O) groups is 1. The lowest BCUT2D eigenvalue weighted by Gasteiger charge is -2.08. The number of nitrogens with one attached hydrogen (secondary N) is 1. The second-order valence-corrected chi connectivity index (χ2v) is 8.99. The molecular weight excluding hydrogens is 404 g/mol. The summed E-state index contributed by atoms with van der Waals surface area (Å²) in [6.45, 7) is 14.6. The Kier molecular flexibility index (Phi) is 14.1. The largest absolute Gasteiger partial charge is 0.338 e. The monoisotopic (exact) mass is 450 g/mol. The van der Waals surface area contributed by atoms with Crippen LogP contribution in [0.15, 0.2) is 42.5 Å². The van der Waals surface area contributed by atoms with E-state index in [0.29, 0.717) is 11.7 Å². The molecule has 1 unspecified atom stereocenters. The maximum atomic E-state index is 10.9. The number of rotatable bonds is 9. The van der Waals surface area contributed by atoms with Gasteiger partial charge >= 0.3 is 0 Å². The minimum Gasteiger partial charge on any atom is -0.338 e. The number of carbonyl (C=O) groups excluding carboxylic acids is 1. The summed E-state index contributed by atoms with van der Waals surface area (Å²) in [5.74, 6) is 1.64. The van der Waals surface area contributed by atoms with Gasteiger partial charge in [-0.2, -0.15) is 0 Å². The average Bonchev–Trinajstić information content (AvgIpc) is 3.24. The Bertz CT molecular complexity index is 904. The van der Waals surface area contributed by atoms with Gasteiger partial charge in [0.05, 0.1) is 11.0 Å². The van der Waals surface area contributed by atoms with Crippen molar-refractivity contribution in [3.63, 3.8) is 0 Å². The number of hydrogen-bond acceptors (Lipinski definition) is 2. The minimum absolute atomic E-state index is 0.333. The van der Waals surface area contributed by atoms with Gasteiger partial charge in [0.1, 0.15) is 11.6 Å². The van der Waals surface area contributed by atoms with Crippen molar-refractivity contribution in [1.82, 2.24) is 9.97 Å². The number of benzene rings is 2. The third-order valence-corrected chi connectivity index (χ3v) is 5.97. The lowest BCUT2D eigenvalue weighted by atomic mass is 9.96. The normalized spacial score (nSPS) is 11.2. The Labute approximate surface area is 202 Å². The summed E-state index contributed by atoms with van der Waals surface area (Å²) < 4.78 is 0. The second-order valence-electron chi connectivity index (χ2n) is 8.99. The molecule has 1 aromatic heterocycles. The van der Waals surface area contributed by atoms with Crippen molar-refractivity contribution in [2.24, 2.45) is 5.92 Å². The zero-order valence-corrected chi connectivity index (χ0v) is 22.1. The van der Waals surface area contributed by atoms with Gasteiger partial charge in [-0.15, -0.1) is 0 Å². The first-order valence-corrected chi connectivity index (χ1v) is 12.9. The summed E-state index contributed by atoms with van der Waals surface area (Å²) in [6.07, 6.45) is 10.0. The van der Waals surface area contributed by atoms with Crippen molar-refractivity contribution in [2.45, 2.75) is 99.8 Å². The molecule has 0 amide bonds. The molecule has 182 valence electrons. The summed E-state index contributed by atoms with van der Waals surface area (Å²) >= 11 is 0. The van der Waals surface area contributed by atoms with Gasteiger partial charge < -0.3 is 4.98 Å². The van der Waals surface area contributed by atoms with Crippen LogP contribution in [0.2, 0.25) is 0 Å². The fourth-order valence-electron chi connectivity index (χ4n) is 3.72. The molecule has 0 aliphatic carbocycles. The molecular formula is C30H46N2O. The number of aromatic amines is 1. The predicted octanol–water partition coefficient (Wildman–Crippen LogP) is 9.23. The van der Waals surface area contributed by atoms with Gasteiger partial charge in [0.2, 0.25) is 0 Å². The molecule has 0 saturated carbocycles. The molecule has 2 aromatic carbocycles. The zero-order valence-electron chi connectivity index (χ0n) is 22.1. The Morgan fingerprint density at radius 1 is 0.909 bits per heavy atom. The van der Waals surface area contributed by atoms with Crippen LogP contribution in [0.5, 0.6) is 0 Å². The van der Waals surface area contributed by atoms with Gasteiger partial charge in [-0.25, -0.2) is 4.98 Å². The number of hydrogen-bond donors (Lipinski definition) is 1. The van der Waals surface area contributed by atoms with E-state index < -0.39 is 0 Å². The van der Waals surface area contributed by atoms with Gasteiger partial charge in [-0.3, -0.25) is 4.79 Å². The van der Waals surface area contributed by atoms with E-state index in [1.54, 1.807) is 6.92 Å². The van der Waals surface area contributed by atoms with Crippen LogP contribution in [-0.2, 0) is 4.79 Å². The van der Waals surface area contributed by atoms with Gasteiger partial charge in [-0.1, -0.05) is 96.0 Å². The van der Waals surface area contributed by atoms with Crippen LogP contribution in [0.25, 0.3) is 22.4 Å². The second kappa shape index (κ2) is 16.2. The third kappa shape index (κ3) is 10.4. The maximum Gasteiger partial charge on any atom is 0.138 e. The molecule has 0 aliphatic heterocycles. The van der Waals surface area contributed by atoms with E-state index in [0.717, 1.165) is 29.7 Å². The number of ketones is 1. The van der Waals surface area contributed by atoms with Crippen LogP contribution in [-0.4, -0.2) is 15.8 Å². The highest BCUT2D eigenvalue weighted by Crippen LogP contribution is 2.24. The summed E-state index contributed by atoms with van der Waals surface area (Å²) in [7, 11) is 0. The van der Waals surface area contributed by atoms with Crippen LogP contribution >= 0.6 is 0 Å². The van der Waals surface area contributed by atoms with Crippen molar-refractivity contribution in [3.05, 3.63) is 53.6 Å². The molecule has 0 spiro atoms. The lowest BCUT2D eigenvalue weighted by Crippen LogP contribution is -2.08. The number of unbranched alkanes of at least 4 members (excludes halogenated alkanes) is 4. The molecule has 1 N–H and O–H groups in total. The van der Waals surface area contributed by atoms with Crippen molar-refractivity contribution in [1.29, 1.82) is 0 Å². The fraction of sp³-hybridized carbons (Fsp3) is 0.533. The Morgan fingerprint density at radius 3 is 2.09 bits per heavy atom. The molecule has 3 aromatic rings. The van der Waals surface area contributed by atoms with Crippen molar-refractivity contribution in [2.75, 3.05) is 0 Å². The molecule has 1 heterocycles. The number of fused-ring (bicyclic) bond motifs is 1. The number of H-pyrrole nitrogens is 1. The smallest absolute Gasteiger partial charge is 0.138 e. The first kappa shape index (κ1) is 28.6.